The second-order valence-corrected chi connectivity index (χ2v) is 10.2. The lowest BCUT2D eigenvalue weighted by atomic mass is 9.37. The average Bonchev–Trinajstić information content (AvgIpc) is 2.45. The van der Waals surface area contributed by atoms with Crippen LogP contribution in [0.2, 0.25) is 0 Å². The van der Waals surface area contributed by atoms with E-state index in [1.165, 1.54) is 12.8 Å². The molecule has 2 fully saturated rings. The van der Waals surface area contributed by atoms with Crippen LogP contribution in [-0.4, -0.2) is 6.13 Å². The third kappa shape index (κ3) is 1.73. The minimum atomic E-state index is 0.160. The van der Waals surface area contributed by atoms with E-state index in [1.54, 1.807) is 10.9 Å². The van der Waals surface area contributed by atoms with Gasteiger partial charge in [0.1, 0.15) is 0 Å². The molecule has 0 aromatic carbocycles. The molecule has 120 valence electrons. The highest BCUT2D eigenvalue weighted by atomic mass is 35.5. The van der Waals surface area contributed by atoms with Gasteiger partial charge >= 0.3 is 6.13 Å². The van der Waals surface area contributed by atoms with Gasteiger partial charge in [0.05, 0.1) is 0 Å². The maximum atomic E-state index is 7.05. The number of fused-ring (bicyclic) bond motifs is 2. The molecule has 0 nitrogen and oxygen atoms in total. The maximum absolute atomic E-state index is 7.05. The van der Waals surface area contributed by atoms with E-state index in [2.05, 4.69) is 53.7 Å². The Labute approximate surface area is 141 Å². The van der Waals surface area contributed by atoms with Crippen LogP contribution in [0.25, 0.3) is 0 Å². The predicted molar refractivity (Wildman–Crippen MR) is 96.9 cm³/mol. The molecule has 5 unspecified atom stereocenters. The molecule has 0 N–H and O–H groups in total. The van der Waals surface area contributed by atoms with E-state index in [9.17, 15) is 0 Å². The van der Waals surface area contributed by atoms with Crippen molar-refractivity contribution in [1.82, 2.24) is 0 Å². The summed E-state index contributed by atoms with van der Waals surface area (Å²) in [6, 6.07) is 0. The van der Waals surface area contributed by atoms with Gasteiger partial charge in [0.2, 0.25) is 0 Å². The third-order valence-electron chi connectivity index (χ3n) is 8.47. The monoisotopic (exact) mass is 316 g/mol. The van der Waals surface area contributed by atoms with Crippen LogP contribution in [0.5, 0.6) is 0 Å². The molecule has 0 heterocycles. The SMILES string of the molecule is CC1C(B(Cl)C2=CC3C[C@H](C2C)C3(C)C)=CC2CC1C2(C)C. The van der Waals surface area contributed by atoms with Crippen LogP contribution >= 0.6 is 11.5 Å². The van der Waals surface area contributed by atoms with Crippen LogP contribution in [0.3, 0.4) is 0 Å². The Bertz CT molecular complexity index is 520. The first-order chi connectivity index (χ1) is 10.2. The maximum Gasteiger partial charge on any atom is 0.307 e. The molecule has 6 atom stereocenters. The van der Waals surface area contributed by atoms with E-state index < -0.39 is 0 Å². The minimum Gasteiger partial charge on any atom is -0.183 e. The molecule has 2 heteroatoms. The number of allylic oxidation sites excluding steroid dienone is 4. The van der Waals surface area contributed by atoms with Crippen molar-refractivity contribution in [3.8, 4) is 0 Å². The fourth-order valence-electron chi connectivity index (χ4n) is 6.31. The topological polar surface area (TPSA) is 0 Å². The number of halogens is 1. The summed E-state index contributed by atoms with van der Waals surface area (Å²) in [7, 11) is 0. The zero-order valence-electron chi connectivity index (χ0n) is 15.0. The van der Waals surface area contributed by atoms with Crippen LogP contribution in [0.1, 0.15) is 54.4 Å². The molecular weight excluding hydrogens is 286 g/mol. The van der Waals surface area contributed by atoms with Crippen LogP contribution in [0.15, 0.2) is 23.1 Å². The summed E-state index contributed by atoms with van der Waals surface area (Å²) in [5.74, 6) is 4.50. The van der Waals surface area contributed by atoms with Crippen molar-refractivity contribution in [2.24, 2.45) is 46.3 Å². The molecule has 4 bridgehead atoms. The Morgan fingerprint density at radius 2 is 1.23 bits per heavy atom. The van der Waals surface area contributed by atoms with E-state index >= 15 is 0 Å². The number of hydrogen-bond acceptors (Lipinski definition) is 0. The quantitative estimate of drug-likeness (QED) is 0.567. The predicted octanol–water partition coefficient (Wildman–Crippen LogP) is 5.77. The first kappa shape index (κ1) is 15.4. The Morgan fingerprint density at radius 1 is 0.864 bits per heavy atom. The summed E-state index contributed by atoms with van der Waals surface area (Å²) in [6.45, 7) is 14.6. The smallest absolute Gasteiger partial charge is 0.183 e. The van der Waals surface area contributed by atoms with Crippen molar-refractivity contribution in [3.63, 3.8) is 0 Å². The largest absolute Gasteiger partial charge is 0.307 e. The molecule has 0 aromatic heterocycles. The fourth-order valence-corrected chi connectivity index (χ4v) is 6.85. The molecule has 6 aliphatic rings. The van der Waals surface area contributed by atoms with E-state index in [0.717, 1.165) is 23.7 Å². The van der Waals surface area contributed by atoms with Gasteiger partial charge < -0.3 is 0 Å². The summed E-state index contributed by atoms with van der Waals surface area (Å²) in [4.78, 5) is 0. The van der Waals surface area contributed by atoms with Gasteiger partial charge in [0, 0.05) is 0 Å². The summed E-state index contributed by atoms with van der Waals surface area (Å²) in [5.41, 5.74) is 4.07. The van der Waals surface area contributed by atoms with Gasteiger partial charge in [0.25, 0.3) is 0 Å². The second kappa shape index (κ2) is 4.47. The molecule has 0 saturated heterocycles. The lowest BCUT2D eigenvalue weighted by molar-refractivity contribution is -0.0303. The molecule has 0 radical (unpaired) electrons. The summed E-state index contributed by atoms with van der Waals surface area (Å²) in [5, 5.41) is 0. The molecule has 0 amide bonds. The van der Waals surface area contributed by atoms with E-state index in [1.807, 2.05) is 0 Å². The standard InChI is InChI=1S/C20H30BCl/c1-11-15-7-13(19(15,3)4)9-17(11)21(22)18-10-14-8-16(12(18)2)20(14,5)6/h9-16H,7-8H2,1-6H3/t11?,12?,13?,14?,15-,16?/m1/s1. The Balaban J connectivity index is 1.63. The van der Waals surface area contributed by atoms with Crippen molar-refractivity contribution in [2.45, 2.75) is 54.4 Å². The Hall–Kier alpha value is -0.165. The van der Waals surface area contributed by atoms with Gasteiger partial charge in [-0.2, -0.15) is 11.5 Å². The highest BCUT2D eigenvalue weighted by Gasteiger charge is 2.57. The first-order valence-electron chi connectivity index (χ1n) is 9.23. The molecule has 0 spiro atoms. The summed E-state index contributed by atoms with van der Waals surface area (Å²) in [6.07, 6.45) is 8.04. The Morgan fingerprint density at radius 3 is 1.50 bits per heavy atom. The average molecular weight is 317 g/mol. The normalized spacial score (nSPS) is 46.9. The van der Waals surface area contributed by atoms with Crippen molar-refractivity contribution in [2.75, 3.05) is 0 Å². The molecule has 2 saturated carbocycles. The molecule has 0 aromatic rings. The van der Waals surface area contributed by atoms with Gasteiger partial charge in [-0.05, 0) is 59.2 Å². The number of hydrogen-bond donors (Lipinski definition) is 0. The zero-order chi connectivity index (χ0) is 16.0. The molecule has 0 aliphatic heterocycles. The van der Waals surface area contributed by atoms with Crippen molar-refractivity contribution < 1.29 is 0 Å². The lowest BCUT2D eigenvalue weighted by Gasteiger charge is -2.60. The van der Waals surface area contributed by atoms with Crippen LogP contribution in [0, 0.1) is 46.3 Å². The van der Waals surface area contributed by atoms with Crippen molar-refractivity contribution >= 4 is 17.6 Å². The second-order valence-electron chi connectivity index (χ2n) is 9.81. The van der Waals surface area contributed by atoms with Crippen molar-refractivity contribution in [1.29, 1.82) is 0 Å². The summed E-state index contributed by atoms with van der Waals surface area (Å²) < 4.78 is 0. The van der Waals surface area contributed by atoms with E-state index in [0.29, 0.717) is 22.7 Å². The summed E-state index contributed by atoms with van der Waals surface area (Å²) >= 11 is 7.05. The van der Waals surface area contributed by atoms with Gasteiger partial charge in [-0.1, -0.05) is 64.6 Å². The van der Waals surface area contributed by atoms with E-state index in [4.69, 9.17) is 11.5 Å². The van der Waals surface area contributed by atoms with Crippen LogP contribution in [0.4, 0.5) is 0 Å². The number of rotatable bonds is 2. The van der Waals surface area contributed by atoms with Crippen LogP contribution < -0.4 is 0 Å². The van der Waals surface area contributed by atoms with E-state index in [-0.39, 0.29) is 6.13 Å². The Kier molecular flexibility index (Phi) is 3.12. The third-order valence-corrected chi connectivity index (χ3v) is 8.97. The van der Waals surface area contributed by atoms with Gasteiger partial charge in [-0.3, -0.25) is 0 Å². The highest BCUT2D eigenvalue weighted by Crippen LogP contribution is 2.63. The molecule has 6 rings (SSSR count). The fraction of sp³-hybridized carbons (Fsp3) is 0.800. The molecular formula is C20H30BCl. The first-order valence-corrected chi connectivity index (χ1v) is 9.66. The van der Waals surface area contributed by atoms with Gasteiger partial charge in [-0.15, -0.1) is 0 Å². The van der Waals surface area contributed by atoms with Crippen LogP contribution in [-0.2, 0) is 0 Å². The van der Waals surface area contributed by atoms with Crippen molar-refractivity contribution in [3.05, 3.63) is 23.1 Å². The molecule has 22 heavy (non-hydrogen) atoms. The highest BCUT2D eigenvalue weighted by molar-refractivity contribution is 7.15. The van der Waals surface area contributed by atoms with Gasteiger partial charge in [0.15, 0.2) is 0 Å². The lowest BCUT2D eigenvalue weighted by Crippen LogP contribution is -2.54. The minimum absolute atomic E-state index is 0.160. The van der Waals surface area contributed by atoms with Gasteiger partial charge in [-0.25, -0.2) is 0 Å². The molecule has 6 aliphatic carbocycles. The zero-order valence-corrected chi connectivity index (χ0v) is 15.7.